The summed E-state index contributed by atoms with van der Waals surface area (Å²) in [4.78, 5) is 13.2. The summed E-state index contributed by atoms with van der Waals surface area (Å²) in [5.74, 6) is -1.71. The van der Waals surface area contributed by atoms with Crippen molar-refractivity contribution in [1.29, 1.82) is 15.8 Å². The lowest BCUT2D eigenvalue weighted by Crippen LogP contribution is -2.14. The van der Waals surface area contributed by atoms with Crippen molar-refractivity contribution < 1.29 is 9.18 Å². The number of amides is 1. The molecule has 0 aromatic heterocycles. The Morgan fingerprint density at radius 2 is 1.92 bits per heavy atom. The number of carbonyl (C=O) groups excluding carboxylic acids is 1. The lowest BCUT2D eigenvalue weighted by atomic mass is 9.90. The van der Waals surface area contributed by atoms with Gasteiger partial charge in [-0.1, -0.05) is 0 Å². The number of halogens is 1. The van der Waals surface area contributed by atoms with Crippen LogP contribution in [0.4, 0.5) is 4.39 Å². The molecule has 2 aromatic rings. The number of fused-ring (bicyclic) bond motifs is 1. The minimum Gasteiger partial charge on any atom is -0.366 e. The first-order valence-corrected chi connectivity index (χ1v) is 7.23. The van der Waals surface area contributed by atoms with E-state index in [1.807, 2.05) is 12.3 Å². The summed E-state index contributed by atoms with van der Waals surface area (Å²) in [5, 5.41) is 27.5. The number of nitrogens with zero attached hydrogens (tertiary/aromatic N) is 4. The number of benzene rings is 2. The zero-order valence-electron chi connectivity index (χ0n) is 12.9. The molecule has 1 heterocycles. The van der Waals surface area contributed by atoms with Crippen molar-refractivity contribution in [3.8, 4) is 29.5 Å². The minimum atomic E-state index is -0.869. The molecular weight excluding hydrogens is 321 g/mol. The standard InChI is InChI=1S/C18H10FN5O/c19-17-11(6-21)1-2-13(18(23)25)16(17)14-4-10(5-20)3-12-7-24(9-22)8-15(12)14/h1-4H,7-8H2,(H2,23,25). The van der Waals surface area contributed by atoms with E-state index in [0.29, 0.717) is 23.2 Å². The molecule has 0 saturated carbocycles. The van der Waals surface area contributed by atoms with Gasteiger partial charge in [0.15, 0.2) is 6.19 Å². The molecule has 2 N–H and O–H groups in total. The fourth-order valence-electron chi connectivity index (χ4n) is 3.00. The van der Waals surface area contributed by atoms with Crippen LogP contribution in [-0.4, -0.2) is 10.8 Å². The first-order valence-electron chi connectivity index (χ1n) is 7.23. The minimum absolute atomic E-state index is 0.0794. The van der Waals surface area contributed by atoms with Crippen molar-refractivity contribution >= 4 is 5.91 Å². The average molecular weight is 331 g/mol. The maximum absolute atomic E-state index is 14.9. The molecule has 0 atom stereocenters. The predicted molar refractivity (Wildman–Crippen MR) is 84.6 cm³/mol. The molecule has 0 aliphatic carbocycles. The van der Waals surface area contributed by atoms with E-state index in [9.17, 15) is 14.4 Å². The summed E-state index contributed by atoms with van der Waals surface area (Å²) >= 11 is 0. The maximum Gasteiger partial charge on any atom is 0.249 e. The molecule has 0 bridgehead atoms. The Hall–Kier alpha value is -3.89. The Morgan fingerprint density at radius 1 is 1.16 bits per heavy atom. The van der Waals surface area contributed by atoms with Crippen molar-refractivity contribution in [2.75, 3.05) is 0 Å². The van der Waals surface area contributed by atoms with Gasteiger partial charge in [0.25, 0.3) is 0 Å². The van der Waals surface area contributed by atoms with E-state index in [0.717, 1.165) is 0 Å². The summed E-state index contributed by atoms with van der Waals surface area (Å²) in [6, 6.07) is 9.29. The van der Waals surface area contributed by atoms with Crippen molar-refractivity contribution in [2.24, 2.45) is 5.73 Å². The number of primary amides is 1. The maximum atomic E-state index is 14.9. The number of rotatable bonds is 2. The first-order chi connectivity index (χ1) is 12.0. The highest BCUT2D eigenvalue weighted by Crippen LogP contribution is 2.37. The van der Waals surface area contributed by atoms with Crippen LogP contribution in [0.25, 0.3) is 11.1 Å². The molecule has 2 aromatic carbocycles. The summed E-state index contributed by atoms with van der Waals surface area (Å²) in [7, 11) is 0. The normalized spacial score (nSPS) is 12.0. The average Bonchev–Trinajstić information content (AvgIpc) is 3.03. The number of hydrogen-bond acceptors (Lipinski definition) is 5. The van der Waals surface area contributed by atoms with Gasteiger partial charge in [-0.15, -0.1) is 0 Å². The second kappa shape index (κ2) is 5.96. The van der Waals surface area contributed by atoms with E-state index in [1.165, 1.54) is 23.1 Å². The molecule has 0 fully saturated rings. The SMILES string of the molecule is N#Cc1cc2c(c(-c3c(C(N)=O)ccc(C#N)c3F)c1)CN(C#N)C2. The fraction of sp³-hybridized carbons (Fsp3) is 0.111. The Labute approximate surface area is 142 Å². The lowest BCUT2D eigenvalue weighted by Gasteiger charge is -2.14. The zero-order chi connectivity index (χ0) is 18.1. The Morgan fingerprint density at radius 3 is 2.52 bits per heavy atom. The van der Waals surface area contributed by atoms with Crippen molar-refractivity contribution in [2.45, 2.75) is 13.1 Å². The molecule has 1 amide bonds. The van der Waals surface area contributed by atoms with E-state index in [1.54, 1.807) is 12.1 Å². The number of nitriles is 3. The molecule has 25 heavy (non-hydrogen) atoms. The number of carbonyl (C=O) groups is 1. The van der Waals surface area contributed by atoms with Crippen LogP contribution in [0.5, 0.6) is 0 Å². The fourth-order valence-corrected chi connectivity index (χ4v) is 3.00. The van der Waals surface area contributed by atoms with E-state index in [4.69, 9.17) is 16.3 Å². The van der Waals surface area contributed by atoms with Crippen LogP contribution in [0.15, 0.2) is 24.3 Å². The molecule has 0 saturated heterocycles. The second-order valence-corrected chi connectivity index (χ2v) is 5.56. The van der Waals surface area contributed by atoms with Crippen molar-refractivity contribution in [3.05, 3.63) is 57.9 Å². The van der Waals surface area contributed by atoms with Crippen molar-refractivity contribution in [1.82, 2.24) is 4.90 Å². The summed E-state index contributed by atoms with van der Waals surface area (Å²) in [6.07, 6.45) is 2.01. The third-order valence-corrected chi connectivity index (χ3v) is 4.12. The van der Waals surface area contributed by atoms with Crippen LogP contribution in [-0.2, 0) is 13.1 Å². The van der Waals surface area contributed by atoms with Gasteiger partial charge in [0, 0.05) is 11.1 Å². The molecule has 0 spiro atoms. The predicted octanol–water partition coefficient (Wildman–Crippen LogP) is 2.13. The molecule has 0 unspecified atom stereocenters. The van der Waals surface area contributed by atoms with Gasteiger partial charge in [-0.25, -0.2) is 4.39 Å². The molecular formula is C18H10FN5O. The lowest BCUT2D eigenvalue weighted by molar-refractivity contribution is 0.100. The van der Waals surface area contributed by atoms with Gasteiger partial charge in [0.1, 0.15) is 11.9 Å². The van der Waals surface area contributed by atoms with E-state index in [2.05, 4.69) is 0 Å². The van der Waals surface area contributed by atoms with Crippen LogP contribution in [0.2, 0.25) is 0 Å². The summed E-state index contributed by atoms with van der Waals surface area (Å²) < 4.78 is 14.9. The Bertz CT molecular complexity index is 1040. The summed E-state index contributed by atoms with van der Waals surface area (Å²) in [5.41, 5.74) is 6.85. The van der Waals surface area contributed by atoms with Crippen LogP contribution < -0.4 is 5.73 Å². The van der Waals surface area contributed by atoms with Gasteiger partial charge in [-0.2, -0.15) is 15.8 Å². The largest absolute Gasteiger partial charge is 0.366 e. The molecule has 3 rings (SSSR count). The van der Waals surface area contributed by atoms with Gasteiger partial charge in [0.2, 0.25) is 5.91 Å². The second-order valence-electron chi connectivity index (χ2n) is 5.56. The third kappa shape index (κ3) is 2.52. The highest BCUT2D eigenvalue weighted by molar-refractivity contribution is 6.01. The van der Waals surface area contributed by atoms with Crippen LogP contribution in [0, 0.1) is 39.9 Å². The smallest absolute Gasteiger partial charge is 0.249 e. The summed E-state index contributed by atoms with van der Waals surface area (Å²) in [6.45, 7) is 0.515. The zero-order valence-corrected chi connectivity index (χ0v) is 12.9. The molecule has 1 aliphatic rings. The van der Waals surface area contributed by atoms with Gasteiger partial charge >= 0.3 is 0 Å². The van der Waals surface area contributed by atoms with E-state index >= 15 is 0 Å². The molecule has 0 radical (unpaired) electrons. The van der Waals surface area contributed by atoms with Gasteiger partial charge in [-0.05, 0) is 41.0 Å². The number of hydrogen-bond donors (Lipinski definition) is 1. The Kier molecular flexibility index (Phi) is 3.81. The van der Waals surface area contributed by atoms with Crippen LogP contribution >= 0.6 is 0 Å². The molecule has 120 valence electrons. The monoisotopic (exact) mass is 331 g/mol. The van der Waals surface area contributed by atoms with Gasteiger partial charge in [0.05, 0.1) is 30.3 Å². The Balaban J connectivity index is 2.38. The van der Waals surface area contributed by atoms with Crippen LogP contribution in [0.1, 0.15) is 32.6 Å². The molecule has 7 heteroatoms. The molecule has 1 aliphatic heterocycles. The van der Waals surface area contributed by atoms with Crippen molar-refractivity contribution in [3.63, 3.8) is 0 Å². The highest BCUT2D eigenvalue weighted by Gasteiger charge is 2.27. The van der Waals surface area contributed by atoms with Gasteiger partial charge in [-0.3, -0.25) is 4.79 Å². The van der Waals surface area contributed by atoms with Crippen LogP contribution in [0.3, 0.4) is 0 Å². The third-order valence-electron chi connectivity index (χ3n) is 4.12. The van der Waals surface area contributed by atoms with E-state index in [-0.39, 0.29) is 28.8 Å². The first kappa shape index (κ1) is 16.0. The quantitative estimate of drug-likeness (QED) is 0.846. The number of nitrogens with two attached hydrogens (primary N) is 1. The highest BCUT2D eigenvalue weighted by atomic mass is 19.1. The topological polar surface area (TPSA) is 118 Å². The van der Waals surface area contributed by atoms with Gasteiger partial charge < -0.3 is 10.6 Å². The van der Waals surface area contributed by atoms with E-state index < -0.39 is 11.7 Å². The molecule has 6 nitrogen and oxygen atoms in total.